The maximum Gasteiger partial charge on any atom is 0.332 e. The van der Waals surface area contributed by atoms with Gasteiger partial charge >= 0.3 is 8.56 Å². The van der Waals surface area contributed by atoms with E-state index in [0.717, 1.165) is 0 Å². The average Bonchev–Trinajstić information content (AvgIpc) is 2.30. The van der Waals surface area contributed by atoms with Crippen LogP contribution in [0.4, 0.5) is 0 Å². The second-order valence-corrected chi connectivity index (χ2v) is 8.46. The zero-order valence-electron chi connectivity index (χ0n) is 7.83. The molecule has 72 valence electrons. The minimum atomic E-state index is -1.82. The highest BCUT2D eigenvalue weighted by Gasteiger charge is 2.36. The molecule has 1 rings (SSSR count). The molecule has 0 saturated carbocycles. The summed E-state index contributed by atoms with van der Waals surface area (Å²) in [5.41, 5.74) is 0. The van der Waals surface area contributed by atoms with Crippen molar-refractivity contribution < 1.29 is 13.1 Å². The van der Waals surface area contributed by atoms with Crippen molar-refractivity contribution in [2.75, 3.05) is 18.1 Å². The molecule has 1 heterocycles. The minimum Gasteiger partial charge on any atom is -0.392 e. The SMILES string of the molecule is CCS(=O)CC1CO[Si](C)(C)O1. The Morgan fingerprint density at radius 2 is 2.25 bits per heavy atom. The topological polar surface area (TPSA) is 35.5 Å². The zero-order valence-corrected chi connectivity index (χ0v) is 9.65. The van der Waals surface area contributed by atoms with Crippen LogP contribution < -0.4 is 0 Å². The maximum absolute atomic E-state index is 11.2. The molecule has 0 amide bonds. The van der Waals surface area contributed by atoms with Crippen LogP contribution in [0.25, 0.3) is 0 Å². The van der Waals surface area contributed by atoms with Crippen molar-refractivity contribution in [3.8, 4) is 0 Å². The predicted molar refractivity (Wildman–Crippen MR) is 51.9 cm³/mol. The Bertz CT molecular complexity index is 183. The second-order valence-electron chi connectivity index (χ2n) is 3.35. The molecule has 12 heavy (non-hydrogen) atoms. The summed E-state index contributed by atoms with van der Waals surface area (Å²) in [6.45, 7) is 6.59. The molecule has 5 heteroatoms. The first-order chi connectivity index (χ1) is 5.53. The van der Waals surface area contributed by atoms with Crippen LogP contribution in [0.15, 0.2) is 0 Å². The van der Waals surface area contributed by atoms with E-state index in [0.29, 0.717) is 18.1 Å². The smallest absolute Gasteiger partial charge is 0.332 e. The van der Waals surface area contributed by atoms with Crippen molar-refractivity contribution in [2.24, 2.45) is 0 Å². The Labute approximate surface area is 77.2 Å². The van der Waals surface area contributed by atoms with E-state index >= 15 is 0 Å². The number of rotatable bonds is 3. The second kappa shape index (κ2) is 4.00. The highest BCUT2D eigenvalue weighted by Crippen LogP contribution is 2.18. The first kappa shape index (κ1) is 10.4. The molecule has 0 aromatic rings. The summed E-state index contributed by atoms with van der Waals surface area (Å²) in [5.74, 6) is 1.34. The molecule has 0 bridgehead atoms. The van der Waals surface area contributed by atoms with Crippen molar-refractivity contribution in [3.05, 3.63) is 0 Å². The van der Waals surface area contributed by atoms with Crippen LogP contribution in [0.5, 0.6) is 0 Å². The van der Waals surface area contributed by atoms with Gasteiger partial charge in [-0.3, -0.25) is 4.21 Å². The van der Waals surface area contributed by atoms with Crippen LogP contribution in [-0.2, 0) is 19.7 Å². The monoisotopic (exact) mass is 208 g/mol. The first-order valence-corrected chi connectivity index (χ1v) is 8.50. The molecule has 0 N–H and O–H groups in total. The summed E-state index contributed by atoms with van der Waals surface area (Å²) >= 11 is 0. The van der Waals surface area contributed by atoms with Crippen LogP contribution in [0, 0.1) is 0 Å². The molecule has 1 saturated heterocycles. The molecule has 1 fully saturated rings. The van der Waals surface area contributed by atoms with Gasteiger partial charge in [0.15, 0.2) is 0 Å². The first-order valence-electron chi connectivity index (χ1n) is 4.20. The standard InChI is InChI=1S/C7H16O3SSi/c1-4-11(8)6-7-5-9-12(2,3)10-7/h7H,4-6H2,1-3H3. The van der Waals surface area contributed by atoms with Gasteiger partial charge in [0, 0.05) is 16.6 Å². The van der Waals surface area contributed by atoms with Crippen molar-refractivity contribution in [1.29, 1.82) is 0 Å². The third kappa shape index (κ3) is 2.97. The van der Waals surface area contributed by atoms with Gasteiger partial charge in [-0.05, 0) is 13.1 Å². The molecular weight excluding hydrogens is 192 g/mol. The quantitative estimate of drug-likeness (QED) is 0.646. The fourth-order valence-electron chi connectivity index (χ4n) is 1.17. The molecule has 3 nitrogen and oxygen atoms in total. The molecule has 0 aromatic carbocycles. The Morgan fingerprint density at radius 3 is 2.67 bits per heavy atom. The third-order valence-corrected chi connectivity index (χ3v) is 4.91. The molecular formula is C7H16O3SSi. The van der Waals surface area contributed by atoms with Gasteiger partial charge < -0.3 is 8.85 Å². The highest BCUT2D eigenvalue weighted by molar-refractivity contribution is 7.84. The van der Waals surface area contributed by atoms with E-state index in [-0.39, 0.29) is 6.10 Å². The van der Waals surface area contributed by atoms with E-state index in [1.165, 1.54) is 0 Å². The van der Waals surface area contributed by atoms with Crippen molar-refractivity contribution in [2.45, 2.75) is 26.1 Å². The van der Waals surface area contributed by atoms with Crippen LogP contribution in [0.2, 0.25) is 13.1 Å². The molecule has 0 aliphatic carbocycles. The lowest BCUT2D eigenvalue weighted by atomic mass is 10.4. The molecule has 0 aromatic heterocycles. The largest absolute Gasteiger partial charge is 0.392 e. The van der Waals surface area contributed by atoms with Gasteiger partial charge in [0.05, 0.1) is 18.5 Å². The normalized spacial score (nSPS) is 30.4. The van der Waals surface area contributed by atoms with Crippen molar-refractivity contribution in [1.82, 2.24) is 0 Å². The summed E-state index contributed by atoms with van der Waals surface area (Å²) < 4.78 is 22.3. The summed E-state index contributed by atoms with van der Waals surface area (Å²) in [6.07, 6.45) is 0.0763. The third-order valence-electron chi connectivity index (χ3n) is 1.76. The Morgan fingerprint density at radius 1 is 1.58 bits per heavy atom. The van der Waals surface area contributed by atoms with Gasteiger partial charge in [0.2, 0.25) is 0 Å². The van der Waals surface area contributed by atoms with E-state index < -0.39 is 19.4 Å². The summed E-state index contributed by atoms with van der Waals surface area (Å²) in [5, 5.41) is 0. The fraction of sp³-hybridized carbons (Fsp3) is 1.00. The van der Waals surface area contributed by atoms with E-state index in [4.69, 9.17) is 8.85 Å². The van der Waals surface area contributed by atoms with Crippen molar-refractivity contribution in [3.63, 3.8) is 0 Å². The fourth-order valence-corrected chi connectivity index (χ4v) is 3.72. The molecule has 0 radical (unpaired) electrons. The number of hydrogen-bond donors (Lipinski definition) is 0. The molecule has 1 aliphatic heterocycles. The predicted octanol–water partition coefficient (Wildman–Crippen LogP) is 0.872. The van der Waals surface area contributed by atoms with Gasteiger partial charge in [-0.1, -0.05) is 6.92 Å². The zero-order chi connectivity index (χ0) is 9.19. The molecule has 1 aliphatic rings. The average molecular weight is 208 g/mol. The van der Waals surface area contributed by atoms with Gasteiger partial charge in [0.1, 0.15) is 0 Å². The lowest BCUT2D eigenvalue weighted by Gasteiger charge is -2.13. The van der Waals surface area contributed by atoms with Crippen molar-refractivity contribution >= 4 is 19.4 Å². The lowest BCUT2D eigenvalue weighted by molar-refractivity contribution is 0.256. The van der Waals surface area contributed by atoms with Gasteiger partial charge in [-0.2, -0.15) is 0 Å². The van der Waals surface area contributed by atoms with Crippen LogP contribution in [-0.4, -0.2) is 37.0 Å². The Hall–Kier alpha value is 0.287. The molecule has 2 atom stereocenters. The molecule has 2 unspecified atom stereocenters. The number of hydrogen-bond acceptors (Lipinski definition) is 3. The van der Waals surface area contributed by atoms with Crippen LogP contribution in [0.3, 0.4) is 0 Å². The minimum absolute atomic E-state index is 0.0763. The summed E-state index contributed by atoms with van der Waals surface area (Å²) in [7, 11) is -2.55. The van der Waals surface area contributed by atoms with Crippen LogP contribution in [0.1, 0.15) is 6.92 Å². The van der Waals surface area contributed by atoms with E-state index in [2.05, 4.69) is 0 Å². The van der Waals surface area contributed by atoms with Gasteiger partial charge in [-0.15, -0.1) is 0 Å². The van der Waals surface area contributed by atoms with E-state index in [9.17, 15) is 4.21 Å². The van der Waals surface area contributed by atoms with Gasteiger partial charge in [-0.25, -0.2) is 0 Å². The Kier molecular flexibility index (Phi) is 3.45. The molecule has 0 spiro atoms. The Balaban J connectivity index is 2.33. The van der Waals surface area contributed by atoms with Gasteiger partial charge in [0.25, 0.3) is 0 Å². The van der Waals surface area contributed by atoms with E-state index in [1.807, 2.05) is 20.0 Å². The lowest BCUT2D eigenvalue weighted by Crippen LogP contribution is -2.29. The maximum atomic E-state index is 11.2. The van der Waals surface area contributed by atoms with E-state index in [1.54, 1.807) is 0 Å². The summed E-state index contributed by atoms with van der Waals surface area (Å²) in [6, 6.07) is 0. The highest BCUT2D eigenvalue weighted by atomic mass is 32.2. The summed E-state index contributed by atoms with van der Waals surface area (Å²) in [4.78, 5) is 0. The van der Waals surface area contributed by atoms with Crippen LogP contribution >= 0.6 is 0 Å².